The normalized spacial score (nSPS) is 10.0. The van der Waals surface area contributed by atoms with Crippen molar-refractivity contribution in [1.29, 1.82) is 0 Å². The minimum absolute atomic E-state index is 0.0346. The van der Waals surface area contributed by atoms with Gasteiger partial charge in [0.05, 0.1) is 15.4 Å². The Kier molecular flexibility index (Phi) is 4.42. The zero-order valence-electron chi connectivity index (χ0n) is 11.2. The molecule has 0 amide bonds. The number of ether oxygens (including phenoxy) is 1. The van der Waals surface area contributed by atoms with Crippen molar-refractivity contribution in [2.24, 2.45) is 0 Å². The van der Waals surface area contributed by atoms with E-state index in [0.29, 0.717) is 11.8 Å². The van der Waals surface area contributed by atoms with Gasteiger partial charge in [0.2, 0.25) is 0 Å². The predicted molar refractivity (Wildman–Crippen MR) is 75.9 cm³/mol. The summed E-state index contributed by atoms with van der Waals surface area (Å²) in [4.78, 5) is 31.0. The molecule has 2 aromatic rings. The van der Waals surface area contributed by atoms with Gasteiger partial charge in [0.25, 0.3) is 11.4 Å². The average molecular weight is 302 g/mol. The number of nitro benzene ring substituents is 2. The summed E-state index contributed by atoms with van der Waals surface area (Å²) in [5, 5.41) is 21.2. The van der Waals surface area contributed by atoms with E-state index < -0.39 is 9.85 Å². The molecule has 0 radical (unpaired) electrons. The summed E-state index contributed by atoms with van der Waals surface area (Å²) >= 11 is 0. The number of carbonyl (C=O) groups is 1. The first kappa shape index (κ1) is 15.1. The Labute approximate surface area is 124 Å². The number of hydrogen-bond acceptors (Lipinski definition) is 6. The van der Waals surface area contributed by atoms with Gasteiger partial charge in [0.15, 0.2) is 6.29 Å². The lowest BCUT2D eigenvalue weighted by Gasteiger charge is -2.08. The number of aldehydes is 1. The van der Waals surface area contributed by atoms with Gasteiger partial charge >= 0.3 is 0 Å². The quantitative estimate of drug-likeness (QED) is 0.460. The van der Waals surface area contributed by atoms with Crippen LogP contribution in [0.2, 0.25) is 0 Å². The fourth-order valence-electron chi connectivity index (χ4n) is 1.75. The molecule has 0 heterocycles. The fourth-order valence-corrected chi connectivity index (χ4v) is 1.75. The molecule has 22 heavy (non-hydrogen) atoms. The van der Waals surface area contributed by atoms with Gasteiger partial charge in [-0.1, -0.05) is 0 Å². The van der Waals surface area contributed by atoms with Crippen LogP contribution in [0.5, 0.6) is 5.75 Å². The second-order valence-electron chi connectivity index (χ2n) is 4.31. The van der Waals surface area contributed by atoms with Crippen LogP contribution in [0.1, 0.15) is 15.9 Å². The van der Waals surface area contributed by atoms with E-state index in [0.717, 1.165) is 6.07 Å². The van der Waals surface area contributed by atoms with Gasteiger partial charge in [-0.2, -0.15) is 0 Å². The molecule has 0 atom stereocenters. The smallest absolute Gasteiger partial charge is 0.270 e. The van der Waals surface area contributed by atoms with Crippen molar-refractivity contribution in [1.82, 2.24) is 0 Å². The lowest BCUT2D eigenvalue weighted by Crippen LogP contribution is -1.99. The molecule has 2 rings (SSSR count). The SMILES string of the molecule is O=Cc1cc([N+](=O)[O-])ccc1OCc1ccc([N+](=O)[O-])cc1. The number of rotatable bonds is 6. The molecule has 0 unspecified atom stereocenters. The molecule has 8 heteroatoms. The zero-order valence-corrected chi connectivity index (χ0v) is 11.2. The van der Waals surface area contributed by atoms with Crippen LogP contribution >= 0.6 is 0 Å². The maximum atomic E-state index is 11.0. The van der Waals surface area contributed by atoms with Crippen molar-refractivity contribution in [2.75, 3.05) is 0 Å². The second kappa shape index (κ2) is 6.44. The summed E-state index contributed by atoms with van der Waals surface area (Å²) in [6, 6.07) is 9.45. The Morgan fingerprint density at radius 2 is 1.55 bits per heavy atom. The highest BCUT2D eigenvalue weighted by Gasteiger charge is 2.11. The lowest BCUT2D eigenvalue weighted by atomic mass is 10.2. The summed E-state index contributed by atoms with van der Waals surface area (Å²) in [5.41, 5.74) is 0.495. The number of nitrogens with zero attached hydrogens (tertiary/aromatic N) is 2. The van der Waals surface area contributed by atoms with Gasteiger partial charge in [-0.25, -0.2) is 0 Å². The molecule has 0 saturated heterocycles. The molecule has 0 saturated carbocycles. The summed E-state index contributed by atoms with van der Waals surface area (Å²) in [6.45, 7) is 0.0800. The molecule has 2 aromatic carbocycles. The van der Waals surface area contributed by atoms with Gasteiger partial charge in [-0.15, -0.1) is 0 Å². The summed E-state index contributed by atoms with van der Waals surface area (Å²) in [7, 11) is 0. The number of benzene rings is 2. The van der Waals surface area contributed by atoms with E-state index in [1.54, 1.807) is 0 Å². The van der Waals surface area contributed by atoms with Crippen LogP contribution in [-0.2, 0) is 6.61 Å². The Balaban J connectivity index is 2.12. The highest BCUT2D eigenvalue weighted by atomic mass is 16.6. The van der Waals surface area contributed by atoms with Gasteiger partial charge in [0, 0.05) is 24.3 Å². The Morgan fingerprint density at radius 3 is 2.09 bits per heavy atom. The third-order valence-electron chi connectivity index (χ3n) is 2.87. The zero-order chi connectivity index (χ0) is 16.1. The van der Waals surface area contributed by atoms with Crippen molar-refractivity contribution < 1.29 is 19.4 Å². The maximum Gasteiger partial charge on any atom is 0.270 e. The van der Waals surface area contributed by atoms with Gasteiger partial charge < -0.3 is 4.74 Å². The van der Waals surface area contributed by atoms with Crippen molar-refractivity contribution in [3.63, 3.8) is 0 Å². The Hall–Kier alpha value is -3.29. The van der Waals surface area contributed by atoms with Crippen LogP contribution in [0.4, 0.5) is 11.4 Å². The van der Waals surface area contributed by atoms with Crippen LogP contribution in [0.15, 0.2) is 42.5 Å². The third kappa shape index (κ3) is 3.42. The number of carbonyl (C=O) groups excluding carboxylic acids is 1. The minimum atomic E-state index is -0.604. The highest BCUT2D eigenvalue weighted by Crippen LogP contribution is 2.24. The molecule has 112 valence electrons. The lowest BCUT2D eigenvalue weighted by molar-refractivity contribution is -0.385. The van der Waals surface area contributed by atoms with E-state index in [4.69, 9.17) is 4.74 Å². The van der Waals surface area contributed by atoms with E-state index >= 15 is 0 Å². The minimum Gasteiger partial charge on any atom is -0.488 e. The summed E-state index contributed by atoms with van der Waals surface area (Å²) in [6.07, 6.45) is 0.470. The van der Waals surface area contributed by atoms with Gasteiger partial charge in [-0.05, 0) is 23.8 Å². The molecule has 8 nitrogen and oxygen atoms in total. The molecule has 0 fully saturated rings. The first-order valence-corrected chi connectivity index (χ1v) is 6.11. The van der Waals surface area contributed by atoms with Gasteiger partial charge in [-0.3, -0.25) is 25.0 Å². The molecule has 0 aliphatic rings. The topological polar surface area (TPSA) is 113 Å². The molecule has 0 aliphatic heterocycles. The second-order valence-corrected chi connectivity index (χ2v) is 4.31. The maximum absolute atomic E-state index is 11.0. The van der Waals surface area contributed by atoms with Crippen molar-refractivity contribution in [3.05, 3.63) is 73.8 Å². The molecule has 0 bridgehead atoms. The van der Waals surface area contributed by atoms with Crippen molar-refractivity contribution in [2.45, 2.75) is 6.61 Å². The molecule has 0 N–H and O–H groups in total. The largest absolute Gasteiger partial charge is 0.488 e. The monoisotopic (exact) mass is 302 g/mol. The standard InChI is InChI=1S/C14H10N2O6/c17-8-11-7-13(16(20)21)5-6-14(11)22-9-10-1-3-12(4-2-10)15(18)19/h1-8H,9H2. The van der Waals surface area contributed by atoms with Gasteiger partial charge in [0.1, 0.15) is 12.4 Å². The van der Waals surface area contributed by atoms with Crippen molar-refractivity contribution in [3.8, 4) is 5.75 Å². The Morgan fingerprint density at radius 1 is 0.955 bits per heavy atom. The van der Waals surface area contributed by atoms with Crippen LogP contribution in [0.25, 0.3) is 0 Å². The predicted octanol–water partition coefficient (Wildman–Crippen LogP) is 2.89. The number of non-ortho nitro benzene ring substituents is 2. The van der Waals surface area contributed by atoms with E-state index in [9.17, 15) is 25.0 Å². The van der Waals surface area contributed by atoms with Crippen molar-refractivity contribution >= 4 is 17.7 Å². The van der Waals surface area contributed by atoms with Crippen LogP contribution in [-0.4, -0.2) is 16.1 Å². The van der Waals surface area contributed by atoms with Crippen LogP contribution in [0, 0.1) is 20.2 Å². The van der Waals surface area contributed by atoms with E-state index in [1.165, 1.54) is 36.4 Å². The highest BCUT2D eigenvalue weighted by molar-refractivity contribution is 5.80. The fraction of sp³-hybridized carbons (Fsp3) is 0.0714. The number of hydrogen-bond donors (Lipinski definition) is 0. The van der Waals surface area contributed by atoms with Crippen LogP contribution < -0.4 is 4.74 Å². The Bertz CT molecular complexity index is 727. The van der Waals surface area contributed by atoms with E-state index in [1.807, 2.05) is 0 Å². The average Bonchev–Trinajstić information content (AvgIpc) is 2.52. The third-order valence-corrected chi connectivity index (χ3v) is 2.87. The number of nitro groups is 2. The first-order chi connectivity index (χ1) is 10.5. The molecular formula is C14H10N2O6. The molecule has 0 aliphatic carbocycles. The first-order valence-electron chi connectivity index (χ1n) is 6.11. The summed E-state index contributed by atoms with van der Waals surface area (Å²) < 4.78 is 5.43. The van der Waals surface area contributed by atoms with E-state index in [-0.39, 0.29) is 29.3 Å². The molecule has 0 aromatic heterocycles. The molecule has 0 spiro atoms. The van der Waals surface area contributed by atoms with E-state index in [2.05, 4.69) is 0 Å². The molecular weight excluding hydrogens is 292 g/mol. The summed E-state index contributed by atoms with van der Waals surface area (Å²) in [5.74, 6) is 0.207. The van der Waals surface area contributed by atoms with Crippen LogP contribution in [0.3, 0.4) is 0 Å².